The second-order valence-electron chi connectivity index (χ2n) is 6.15. The first-order valence-corrected chi connectivity index (χ1v) is 8.50. The molecule has 0 radical (unpaired) electrons. The third-order valence-electron chi connectivity index (χ3n) is 4.38. The molecule has 28 heavy (non-hydrogen) atoms. The van der Waals surface area contributed by atoms with Crippen molar-refractivity contribution in [1.82, 2.24) is 19.9 Å². The summed E-state index contributed by atoms with van der Waals surface area (Å²) in [6, 6.07) is 12.8. The van der Waals surface area contributed by atoms with Crippen LogP contribution in [0.2, 0.25) is 0 Å². The van der Waals surface area contributed by atoms with Crippen molar-refractivity contribution < 1.29 is 23.5 Å². The zero-order chi connectivity index (χ0) is 19.1. The van der Waals surface area contributed by atoms with Crippen LogP contribution in [0.15, 0.2) is 47.0 Å². The summed E-state index contributed by atoms with van der Waals surface area (Å²) in [5.41, 5.74) is 1.80. The largest absolute Gasteiger partial charge is 0.454 e. The summed E-state index contributed by atoms with van der Waals surface area (Å²) in [5, 5.41) is 8.88. The highest BCUT2D eigenvalue weighted by Gasteiger charge is 2.20. The number of aromatic nitrogens is 4. The van der Waals surface area contributed by atoms with Gasteiger partial charge in [0, 0.05) is 18.0 Å². The number of para-hydroxylation sites is 1. The van der Waals surface area contributed by atoms with Crippen LogP contribution in [-0.4, -0.2) is 32.7 Å². The number of fused-ring (bicyclic) bond motifs is 2. The Balaban J connectivity index is 1.31. The fourth-order valence-electron chi connectivity index (χ4n) is 3.03. The van der Waals surface area contributed by atoms with Crippen LogP contribution in [0.3, 0.4) is 0 Å². The molecule has 3 heterocycles. The number of aryl methyl sites for hydroxylation is 1. The average molecular weight is 378 g/mol. The molecule has 2 aromatic carbocycles. The van der Waals surface area contributed by atoms with E-state index in [-0.39, 0.29) is 25.0 Å². The van der Waals surface area contributed by atoms with Gasteiger partial charge in [-0.05, 0) is 24.3 Å². The van der Waals surface area contributed by atoms with Crippen molar-refractivity contribution in [2.45, 2.75) is 6.61 Å². The molecule has 4 aromatic rings. The zero-order valence-corrected chi connectivity index (χ0v) is 14.8. The molecule has 0 aliphatic carbocycles. The SMILES string of the molecule is Cn1nc(C(=O)OCc2nc(-c3ccc4c(c3)OCO4)no2)c2ccccc21. The van der Waals surface area contributed by atoms with Crippen LogP contribution in [0.4, 0.5) is 0 Å². The van der Waals surface area contributed by atoms with Gasteiger partial charge in [0.05, 0.1) is 5.52 Å². The van der Waals surface area contributed by atoms with Crippen molar-refractivity contribution in [2.24, 2.45) is 7.05 Å². The lowest BCUT2D eigenvalue weighted by molar-refractivity contribution is 0.0424. The molecule has 0 bridgehead atoms. The summed E-state index contributed by atoms with van der Waals surface area (Å²) < 4.78 is 22.7. The molecular weight excluding hydrogens is 364 g/mol. The monoisotopic (exact) mass is 378 g/mol. The van der Waals surface area contributed by atoms with Gasteiger partial charge in [-0.1, -0.05) is 23.4 Å². The van der Waals surface area contributed by atoms with Crippen molar-refractivity contribution in [3.05, 3.63) is 54.0 Å². The van der Waals surface area contributed by atoms with E-state index in [1.165, 1.54) is 0 Å². The van der Waals surface area contributed by atoms with E-state index in [0.29, 0.717) is 22.9 Å². The predicted molar refractivity (Wildman–Crippen MR) is 95.7 cm³/mol. The lowest BCUT2D eigenvalue weighted by Gasteiger charge is -1.99. The number of nitrogens with zero attached hydrogens (tertiary/aromatic N) is 4. The Hall–Kier alpha value is -3.88. The van der Waals surface area contributed by atoms with Gasteiger partial charge < -0.3 is 18.7 Å². The van der Waals surface area contributed by atoms with Crippen LogP contribution in [0, 0.1) is 0 Å². The van der Waals surface area contributed by atoms with Gasteiger partial charge in [0.25, 0.3) is 5.89 Å². The number of esters is 1. The molecule has 140 valence electrons. The second kappa shape index (κ2) is 6.38. The molecular formula is C19H14N4O5. The highest BCUT2D eigenvalue weighted by atomic mass is 16.7. The molecule has 9 heteroatoms. The van der Waals surface area contributed by atoms with E-state index in [4.69, 9.17) is 18.7 Å². The van der Waals surface area contributed by atoms with Crippen LogP contribution < -0.4 is 9.47 Å². The van der Waals surface area contributed by atoms with Crippen molar-refractivity contribution in [2.75, 3.05) is 6.79 Å². The molecule has 0 N–H and O–H groups in total. The van der Waals surface area contributed by atoms with E-state index < -0.39 is 5.97 Å². The Morgan fingerprint density at radius 3 is 2.96 bits per heavy atom. The fraction of sp³-hybridized carbons (Fsp3) is 0.158. The van der Waals surface area contributed by atoms with E-state index in [9.17, 15) is 4.79 Å². The first-order valence-electron chi connectivity index (χ1n) is 8.50. The number of ether oxygens (including phenoxy) is 3. The number of benzene rings is 2. The predicted octanol–water partition coefficient (Wildman–Crippen LogP) is 2.71. The van der Waals surface area contributed by atoms with E-state index in [1.54, 1.807) is 29.9 Å². The molecule has 9 nitrogen and oxygen atoms in total. The lowest BCUT2D eigenvalue weighted by atomic mass is 10.2. The summed E-state index contributed by atoms with van der Waals surface area (Å²) in [4.78, 5) is 16.7. The molecule has 2 aromatic heterocycles. The standard InChI is InChI=1S/C19H14N4O5/c1-23-13-5-3-2-4-12(13)17(21-23)19(24)25-9-16-20-18(22-28-16)11-6-7-14-15(8-11)27-10-26-14/h2-8H,9-10H2,1H3. The van der Waals surface area contributed by atoms with Gasteiger partial charge in [0.15, 0.2) is 23.8 Å². The van der Waals surface area contributed by atoms with Crippen molar-refractivity contribution >= 4 is 16.9 Å². The van der Waals surface area contributed by atoms with Gasteiger partial charge >= 0.3 is 5.97 Å². The fourth-order valence-corrected chi connectivity index (χ4v) is 3.03. The molecule has 0 fully saturated rings. The minimum absolute atomic E-state index is 0.152. The molecule has 0 unspecified atom stereocenters. The van der Waals surface area contributed by atoms with Crippen LogP contribution >= 0.6 is 0 Å². The Morgan fingerprint density at radius 2 is 2.04 bits per heavy atom. The number of rotatable bonds is 4. The van der Waals surface area contributed by atoms with Crippen molar-refractivity contribution in [3.63, 3.8) is 0 Å². The van der Waals surface area contributed by atoms with E-state index in [1.807, 2.05) is 24.3 Å². The molecule has 5 rings (SSSR count). The van der Waals surface area contributed by atoms with Gasteiger partial charge in [-0.25, -0.2) is 4.79 Å². The molecule has 0 saturated carbocycles. The molecule has 0 spiro atoms. The number of carbonyl (C=O) groups excluding carboxylic acids is 1. The minimum Gasteiger partial charge on any atom is -0.454 e. The maximum atomic E-state index is 12.4. The third kappa shape index (κ3) is 2.73. The van der Waals surface area contributed by atoms with Gasteiger partial charge in [-0.2, -0.15) is 10.1 Å². The quantitative estimate of drug-likeness (QED) is 0.500. The molecule has 1 aliphatic heterocycles. The summed E-state index contributed by atoms with van der Waals surface area (Å²) in [6.07, 6.45) is 0. The molecule has 0 atom stereocenters. The second-order valence-corrected chi connectivity index (χ2v) is 6.15. The van der Waals surface area contributed by atoms with Gasteiger partial charge in [-0.15, -0.1) is 0 Å². The van der Waals surface area contributed by atoms with Crippen LogP contribution in [-0.2, 0) is 18.4 Å². The molecule has 1 aliphatic rings. The maximum Gasteiger partial charge on any atom is 0.360 e. The number of hydrogen-bond donors (Lipinski definition) is 0. The Morgan fingerprint density at radius 1 is 1.18 bits per heavy atom. The summed E-state index contributed by atoms with van der Waals surface area (Å²) in [7, 11) is 1.77. The van der Waals surface area contributed by atoms with Gasteiger partial charge in [-0.3, -0.25) is 4.68 Å². The highest BCUT2D eigenvalue weighted by molar-refractivity contribution is 6.02. The third-order valence-corrected chi connectivity index (χ3v) is 4.38. The maximum absolute atomic E-state index is 12.4. The van der Waals surface area contributed by atoms with E-state index in [2.05, 4.69) is 15.2 Å². The van der Waals surface area contributed by atoms with Crippen LogP contribution in [0.5, 0.6) is 11.5 Å². The van der Waals surface area contributed by atoms with Gasteiger partial charge in [0.2, 0.25) is 12.6 Å². The van der Waals surface area contributed by atoms with E-state index >= 15 is 0 Å². The number of hydrogen-bond acceptors (Lipinski definition) is 8. The Bertz CT molecular complexity index is 1200. The molecule has 0 amide bonds. The van der Waals surface area contributed by atoms with Crippen LogP contribution in [0.1, 0.15) is 16.4 Å². The summed E-state index contributed by atoms with van der Waals surface area (Å²) in [5.74, 6) is 1.29. The minimum atomic E-state index is -0.556. The first kappa shape index (κ1) is 16.3. The first-order chi connectivity index (χ1) is 13.7. The lowest BCUT2D eigenvalue weighted by Crippen LogP contribution is -2.07. The number of carbonyl (C=O) groups is 1. The zero-order valence-electron chi connectivity index (χ0n) is 14.8. The normalized spacial score (nSPS) is 12.5. The smallest absolute Gasteiger partial charge is 0.360 e. The van der Waals surface area contributed by atoms with E-state index in [0.717, 1.165) is 10.9 Å². The van der Waals surface area contributed by atoms with Gasteiger partial charge in [0.1, 0.15) is 0 Å². The topological polar surface area (TPSA) is 102 Å². The average Bonchev–Trinajstić information content (AvgIpc) is 3.44. The molecule has 0 saturated heterocycles. The van der Waals surface area contributed by atoms with Crippen molar-refractivity contribution in [1.29, 1.82) is 0 Å². The summed E-state index contributed by atoms with van der Waals surface area (Å²) in [6.45, 7) is 0.0374. The highest BCUT2D eigenvalue weighted by Crippen LogP contribution is 2.35. The summed E-state index contributed by atoms with van der Waals surface area (Å²) >= 11 is 0. The Labute approximate surface area is 158 Å². The van der Waals surface area contributed by atoms with Crippen molar-refractivity contribution in [3.8, 4) is 22.9 Å². The Kier molecular flexibility index (Phi) is 3.71. The van der Waals surface area contributed by atoms with Crippen LogP contribution in [0.25, 0.3) is 22.3 Å².